The Balaban J connectivity index is 1.37. The van der Waals surface area contributed by atoms with E-state index in [0.717, 1.165) is 22.3 Å². The molecule has 9 rings (SSSR count). The van der Waals surface area contributed by atoms with Crippen molar-refractivity contribution in [2.24, 2.45) is 0 Å². The Labute approximate surface area is 297 Å². The average molecular weight is 636 g/mol. The van der Waals surface area contributed by atoms with E-state index >= 15 is 0 Å². The maximum Gasteiger partial charge on any atom is 0.238 e. The summed E-state index contributed by atoms with van der Waals surface area (Å²) in [7, 11) is 0. The highest BCUT2D eigenvalue weighted by Gasteiger charge is 2.20. The standard InChI is InChI=1S/C45H30N4/c1-4-14-31(15-5-1)33-24-26-35(27-25-33)43-46-44(40-22-11-10-20-37(40)34-18-8-3-9-19-34)48-45(47-43)49-41-23-13-12-21-38(41)39-29-28-36(30-42(39)49)32-16-6-2-7-17-32/h1-30H/i2D,6D,7D,12D,13D,16D,17D,21D,23D. The highest BCUT2D eigenvalue weighted by molar-refractivity contribution is 6.10. The molecule has 0 aliphatic heterocycles. The van der Waals surface area contributed by atoms with Crippen LogP contribution in [0.1, 0.15) is 12.3 Å². The van der Waals surface area contributed by atoms with Crippen LogP contribution in [0.25, 0.3) is 83.9 Å². The molecule has 0 aliphatic rings. The average Bonchev–Trinajstić information content (AvgIpc) is 3.61. The minimum absolute atomic E-state index is 0.0309. The molecule has 2 heterocycles. The molecule has 0 aliphatic carbocycles. The largest absolute Gasteiger partial charge is 0.278 e. The van der Waals surface area contributed by atoms with Crippen LogP contribution in [0.3, 0.4) is 0 Å². The lowest BCUT2D eigenvalue weighted by atomic mass is 9.99. The van der Waals surface area contributed by atoms with Crippen LogP contribution in [-0.2, 0) is 0 Å². The lowest BCUT2D eigenvalue weighted by molar-refractivity contribution is 0.954. The molecule has 0 spiro atoms. The second-order valence-corrected chi connectivity index (χ2v) is 11.4. The van der Waals surface area contributed by atoms with Crippen molar-refractivity contribution >= 4 is 21.8 Å². The fourth-order valence-corrected chi connectivity index (χ4v) is 6.18. The molecule has 49 heavy (non-hydrogen) atoms. The highest BCUT2D eigenvalue weighted by Crippen LogP contribution is 2.36. The maximum absolute atomic E-state index is 9.19. The Morgan fingerprint density at radius 1 is 0.388 bits per heavy atom. The molecule has 0 N–H and O–H groups in total. The topological polar surface area (TPSA) is 43.6 Å². The molecule has 9 aromatic rings. The summed E-state index contributed by atoms with van der Waals surface area (Å²) in [4.78, 5) is 15.1. The SMILES string of the molecule is [2H]c1c([2H])c([2H])c(-c2ccc3c4c([2H])c([2H])c([2H])c([2H])c4n(-c4nc(-c5ccc(-c6ccccc6)cc5)nc(-c5ccccc5-c5ccccc5)n4)c3c2)c([2H])c1[2H]. The summed E-state index contributed by atoms with van der Waals surface area (Å²) in [6, 6.07) is 36.4. The normalized spacial score (nSPS) is 13.8. The Morgan fingerprint density at radius 3 is 1.76 bits per heavy atom. The van der Waals surface area contributed by atoms with E-state index in [1.807, 2.05) is 109 Å². The number of benzene rings is 7. The lowest BCUT2D eigenvalue weighted by Crippen LogP contribution is -2.07. The monoisotopic (exact) mass is 635 g/mol. The molecular weight excluding hydrogens is 597 g/mol. The van der Waals surface area contributed by atoms with Crippen molar-refractivity contribution in [2.45, 2.75) is 0 Å². The summed E-state index contributed by atoms with van der Waals surface area (Å²) in [6.45, 7) is 0. The molecule has 0 bridgehead atoms. The molecule has 4 nitrogen and oxygen atoms in total. The van der Waals surface area contributed by atoms with Crippen molar-refractivity contribution in [2.75, 3.05) is 0 Å². The van der Waals surface area contributed by atoms with Gasteiger partial charge in [-0.05, 0) is 45.5 Å². The first-order chi connectivity index (χ1) is 28.0. The van der Waals surface area contributed by atoms with E-state index in [9.17, 15) is 1.37 Å². The van der Waals surface area contributed by atoms with Crippen LogP contribution in [0, 0.1) is 0 Å². The Morgan fingerprint density at radius 2 is 0.980 bits per heavy atom. The fraction of sp³-hybridized carbons (Fsp3) is 0. The molecule has 7 aromatic carbocycles. The number of nitrogens with zero attached hydrogens (tertiary/aromatic N) is 4. The van der Waals surface area contributed by atoms with E-state index in [-0.39, 0.29) is 40.1 Å². The van der Waals surface area contributed by atoms with Crippen molar-refractivity contribution in [1.29, 1.82) is 0 Å². The summed E-state index contributed by atoms with van der Waals surface area (Å²) in [5.74, 6) is 0.669. The van der Waals surface area contributed by atoms with Crippen LogP contribution in [0.5, 0.6) is 0 Å². The number of para-hydroxylation sites is 1. The summed E-state index contributed by atoms with van der Waals surface area (Å²) >= 11 is 0. The molecular formula is C45H30N4. The van der Waals surface area contributed by atoms with Crippen LogP contribution < -0.4 is 0 Å². The Kier molecular flexibility index (Phi) is 5.11. The predicted molar refractivity (Wildman–Crippen MR) is 201 cm³/mol. The van der Waals surface area contributed by atoms with Gasteiger partial charge in [0.2, 0.25) is 5.95 Å². The van der Waals surface area contributed by atoms with Gasteiger partial charge in [-0.15, -0.1) is 0 Å². The first-order valence-corrected chi connectivity index (χ1v) is 15.7. The number of rotatable bonds is 6. The number of hydrogen-bond acceptors (Lipinski definition) is 3. The van der Waals surface area contributed by atoms with Crippen molar-refractivity contribution in [3.63, 3.8) is 0 Å². The smallest absolute Gasteiger partial charge is 0.238 e. The van der Waals surface area contributed by atoms with Gasteiger partial charge in [0, 0.05) is 21.9 Å². The van der Waals surface area contributed by atoms with Gasteiger partial charge in [-0.2, -0.15) is 9.97 Å². The van der Waals surface area contributed by atoms with Crippen molar-refractivity contribution < 1.29 is 12.3 Å². The molecule has 0 radical (unpaired) electrons. The van der Waals surface area contributed by atoms with Gasteiger partial charge in [0.05, 0.1) is 23.4 Å². The van der Waals surface area contributed by atoms with Gasteiger partial charge in [0.25, 0.3) is 0 Å². The lowest BCUT2D eigenvalue weighted by Gasteiger charge is -2.14. The van der Waals surface area contributed by atoms with E-state index in [0.29, 0.717) is 33.7 Å². The first kappa shape index (κ1) is 20.6. The van der Waals surface area contributed by atoms with Gasteiger partial charge >= 0.3 is 0 Å². The molecule has 2 aromatic heterocycles. The molecule has 0 saturated heterocycles. The first-order valence-electron chi connectivity index (χ1n) is 20.2. The Hall–Kier alpha value is -6.65. The molecule has 4 heteroatoms. The molecule has 0 atom stereocenters. The van der Waals surface area contributed by atoms with Crippen molar-refractivity contribution in [3.8, 4) is 62.1 Å². The molecule has 0 unspecified atom stereocenters. The fourth-order valence-electron chi connectivity index (χ4n) is 6.18. The van der Waals surface area contributed by atoms with E-state index in [1.165, 1.54) is 0 Å². The van der Waals surface area contributed by atoms with E-state index < -0.39 is 42.3 Å². The van der Waals surface area contributed by atoms with Gasteiger partial charge in [-0.3, -0.25) is 4.57 Å². The van der Waals surface area contributed by atoms with Gasteiger partial charge in [-0.25, -0.2) is 4.98 Å². The summed E-state index contributed by atoms with van der Waals surface area (Å²) in [5.41, 5.74) is 5.89. The predicted octanol–water partition coefficient (Wildman–Crippen LogP) is 11.3. The third-order valence-corrected chi connectivity index (χ3v) is 8.51. The Bertz CT molecular complexity index is 3070. The van der Waals surface area contributed by atoms with E-state index in [1.54, 1.807) is 22.8 Å². The molecule has 0 amide bonds. The van der Waals surface area contributed by atoms with Gasteiger partial charge < -0.3 is 0 Å². The summed E-state index contributed by atoms with van der Waals surface area (Å²) in [6.07, 6.45) is 0. The van der Waals surface area contributed by atoms with Crippen molar-refractivity contribution in [1.82, 2.24) is 19.5 Å². The van der Waals surface area contributed by atoms with Gasteiger partial charge in [0.1, 0.15) is 0 Å². The van der Waals surface area contributed by atoms with E-state index in [2.05, 4.69) is 0 Å². The number of aromatic nitrogens is 4. The van der Waals surface area contributed by atoms with Crippen LogP contribution in [0.2, 0.25) is 0 Å². The third-order valence-electron chi connectivity index (χ3n) is 8.51. The third kappa shape index (κ3) is 5.26. The molecule has 0 fully saturated rings. The second-order valence-electron chi connectivity index (χ2n) is 11.4. The number of hydrogen-bond donors (Lipinski definition) is 0. The number of fused-ring (bicyclic) bond motifs is 3. The summed E-state index contributed by atoms with van der Waals surface area (Å²) in [5, 5.41) is 0.646. The maximum atomic E-state index is 9.19. The summed E-state index contributed by atoms with van der Waals surface area (Å²) < 4.78 is 79.3. The zero-order chi connectivity index (χ0) is 40.4. The minimum atomic E-state index is -0.518. The van der Waals surface area contributed by atoms with Crippen LogP contribution >= 0.6 is 0 Å². The van der Waals surface area contributed by atoms with Crippen molar-refractivity contribution in [3.05, 3.63) is 182 Å². The van der Waals surface area contributed by atoms with Crippen LogP contribution in [0.15, 0.2) is 182 Å². The van der Waals surface area contributed by atoms with Gasteiger partial charge in [0.15, 0.2) is 11.6 Å². The van der Waals surface area contributed by atoms with E-state index in [4.69, 9.17) is 25.9 Å². The van der Waals surface area contributed by atoms with Gasteiger partial charge in [-0.1, -0.05) is 170 Å². The minimum Gasteiger partial charge on any atom is -0.278 e. The van der Waals surface area contributed by atoms with Crippen LogP contribution in [0.4, 0.5) is 0 Å². The second kappa shape index (κ2) is 12.2. The zero-order valence-electron chi connectivity index (χ0n) is 34.9. The molecule has 0 saturated carbocycles. The molecule has 230 valence electrons. The van der Waals surface area contributed by atoms with Crippen LogP contribution in [-0.4, -0.2) is 19.5 Å². The quantitative estimate of drug-likeness (QED) is 0.183. The highest BCUT2D eigenvalue weighted by atomic mass is 15.2. The zero-order valence-corrected chi connectivity index (χ0v) is 25.9.